The Morgan fingerprint density at radius 2 is 0.800 bits per heavy atom. The van der Waals surface area contributed by atoms with Gasteiger partial charge in [0.05, 0.1) is 33.8 Å². The lowest BCUT2D eigenvalue weighted by Crippen LogP contribution is -2.09. The molecule has 0 bridgehead atoms. The van der Waals surface area contributed by atoms with Crippen molar-refractivity contribution in [3.05, 3.63) is 180 Å². The Balaban J connectivity index is 1.43. The van der Waals surface area contributed by atoms with Crippen LogP contribution in [0.1, 0.15) is 80.7 Å². The first-order valence-corrected chi connectivity index (χ1v) is 18.2. The lowest BCUT2D eigenvalue weighted by molar-refractivity contribution is 0.427. The van der Waals surface area contributed by atoms with Gasteiger partial charge in [0.1, 0.15) is 0 Å². The zero-order valence-electron chi connectivity index (χ0n) is 29.2. The molecule has 0 aliphatic heterocycles. The number of unbranched alkanes of at least 4 members (excludes halogenated alkanes) is 2. The maximum absolute atomic E-state index is 5.35. The van der Waals surface area contributed by atoms with Gasteiger partial charge >= 0.3 is 0 Å². The van der Waals surface area contributed by atoms with Crippen LogP contribution in [0.2, 0.25) is 0 Å². The minimum atomic E-state index is 0.388. The summed E-state index contributed by atoms with van der Waals surface area (Å²) < 4.78 is 2.63. The average Bonchev–Trinajstić information content (AvgIpc) is 3.50. The SMILES string of the molecule is CCCCC(CCCC)n1c2cc(N=C(c3ccccc3)c3ccccc3)ccc2c2ccc(N=C(c3ccccc3)c3ccccc3)cc21. The van der Waals surface area contributed by atoms with Gasteiger partial charge in [-0.3, -0.25) is 0 Å². The molecule has 1 aromatic heterocycles. The lowest BCUT2D eigenvalue weighted by atomic mass is 10.0. The van der Waals surface area contributed by atoms with E-state index in [-0.39, 0.29) is 0 Å². The van der Waals surface area contributed by atoms with E-state index in [0.717, 1.165) is 57.9 Å². The highest BCUT2D eigenvalue weighted by molar-refractivity contribution is 6.16. The monoisotopic (exact) mass is 651 g/mol. The van der Waals surface area contributed by atoms with Crippen LogP contribution in [0, 0.1) is 0 Å². The lowest BCUT2D eigenvalue weighted by Gasteiger charge is -2.22. The van der Waals surface area contributed by atoms with Crippen LogP contribution in [0.15, 0.2) is 168 Å². The van der Waals surface area contributed by atoms with Crippen molar-refractivity contribution >= 4 is 44.6 Å². The normalized spacial score (nSPS) is 11.3. The van der Waals surface area contributed by atoms with Gasteiger partial charge in [-0.2, -0.15) is 0 Å². The Morgan fingerprint density at radius 3 is 1.12 bits per heavy atom. The molecule has 0 aliphatic rings. The molecule has 0 saturated heterocycles. The highest BCUT2D eigenvalue weighted by atomic mass is 15.0. The second kappa shape index (κ2) is 15.8. The van der Waals surface area contributed by atoms with E-state index in [1.165, 1.54) is 47.5 Å². The molecule has 0 saturated carbocycles. The van der Waals surface area contributed by atoms with Crippen molar-refractivity contribution in [3.8, 4) is 0 Å². The largest absolute Gasteiger partial charge is 0.337 e. The molecule has 0 unspecified atom stereocenters. The molecule has 0 spiro atoms. The fraction of sp³-hybridized carbons (Fsp3) is 0.191. The Hall–Kier alpha value is -5.54. The van der Waals surface area contributed by atoms with E-state index in [9.17, 15) is 0 Å². The van der Waals surface area contributed by atoms with Crippen molar-refractivity contribution in [2.24, 2.45) is 9.98 Å². The van der Waals surface area contributed by atoms with E-state index >= 15 is 0 Å². The Labute approximate surface area is 296 Å². The van der Waals surface area contributed by atoms with Crippen LogP contribution in [0.25, 0.3) is 21.8 Å². The van der Waals surface area contributed by atoms with Crippen LogP contribution >= 0.6 is 0 Å². The number of nitrogens with zero attached hydrogens (tertiary/aromatic N) is 3. The molecule has 0 aliphatic carbocycles. The van der Waals surface area contributed by atoms with E-state index in [1.54, 1.807) is 0 Å². The summed E-state index contributed by atoms with van der Waals surface area (Å²) in [6.07, 6.45) is 7.05. The second-order valence-electron chi connectivity index (χ2n) is 13.1. The molecule has 6 aromatic carbocycles. The van der Waals surface area contributed by atoms with Crippen molar-refractivity contribution in [2.45, 2.75) is 58.4 Å². The van der Waals surface area contributed by atoms with Crippen LogP contribution in [0.4, 0.5) is 11.4 Å². The van der Waals surface area contributed by atoms with E-state index in [4.69, 9.17) is 9.98 Å². The van der Waals surface area contributed by atoms with Gasteiger partial charge in [-0.1, -0.05) is 173 Å². The highest BCUT2D eigenvalue weighted by Gasteiger charge is 2.20. The molecule has 3 nitrogen and oxygen atoms in total. The summed E-state index contributed by atoms with van der Waals surface area (Å²) in [5.41, 5.74) is 10.8. The highest BCUT2D eigenvalue weighted by Crippen LogP contribution is 2.39. The number of hydrogen-bond donors (Lipinski definition) is 0. The van der Waals surface area contributed by atoms with Crippen molar-refractivity contribution in [1.82, 2.24) is 4.57 Å². The predicted octanol–water partition coefficient (Wildman–Crippen LogP) is 13.1. The minimum absolute atomic E-state index is 0.388. The standard InChI is InChI=1S/C47H45N3/c1-3-5-27-41(28-6-4-2)50-44-33-39(48-46(35-19-11-7-12-20-35)36-21-13-8-14-22-36)29-31-42(44)43-32-30-40(34-45(43)50)49-47(37-23-15-9-16-24-37)38-25-17-10-18-26-38/h7-26,29-34,41H,3-6,27-28H2,1-2H3. The van der Waals surface area contributed by atoms with Gasteiger partial charge in [0.2, 0.25) is 0 Å². The molecule has 248 valence electrons. The van der Waals surface area contributed by atoms with Gasteiger partial charge in [0, 0.05) is 39.1 Å². The number of aromatic nitrogens is 1. The summed E-state index contributed by atoms with van der Waals surface area (Å²) >= 11 is 0. The molecule has 0 radical (unpaired) electrons. The van der Waals surface area contributed by atoms with E-state index in [0.29, 0.717) is 6.04 Å². The van der Waals surface area contributed by atoms with Gasteiger partial charge in [-0.25, -0.2) is 9.98 Å². The summed E-state index contributed by atoms with van der Waals surface area (Å²) in [4.78, 5) is 10.7. The molecular formula is C47H45N3. The maximum Gasteiger partial charge on any atom is 0.0781 e. The summed E-state index contributed by atoms with van der Waals surface area (Å²) in [7, 11) is 0. The Morgan fingerprint density at radius 1 is 0.460 bits per heavy atom. The first-order chi connectivity index (χ1) is 24.7. The van der Waals surface area contributed by atoms with Gasteiger partial charge in [-0.05, 0) is 37.1 Å². The van der Waals surface area contributed by atoms with E-state index in [1.807, 2.05) is 0 Å². The first-order valence-electron chi connectivity index (χ1n) is 18.2. The van der Waals surface area contributed by atoms with Crippen molar-refractivity contribution in [3.63, 3.8) is 0 Å². The number of aliphatic imine (C=N–C) groups is 2. The van der Waals surface area contributed by atoms with Gasteiger partial charge in [-0.15, -0.1) is 0 Å². The number of benzene rings is 6. The van der Waals surface area contributed by atoms with Gasteiger partial charge < -0.3 is 4.57 Å². The molecule has 0 amide bonds. The molecule has 0 atom stereocenters. The third kappa shape index (κ3) is 7.23. The zero-order chi connectivity index (χ0) is 34.1. The minimum Gasteiger partial charge on any atom is -0.337 e. The topological polar surface area (TPSA) is 29.6 Å². The van der Waals surface area contributed by atoms with E-state index < -0.39 is 0 Å². The van der Waals surface area contributed by atoms with Gasteiger partial charge in [0.15, 0.2) is 0 Å². The fourth-order valence-corrected chi connectivity index (χ4v) is 7.07. The summed E-state index contributed by atoms with van der Waals surface area (Å²) in [6, 6.07) is 56.0. The molecule has 7 aromatic rings. The third-order valence-corrected chi connectivity index (χ3v) is 9.59. The smallest absolute Gasteiger partial charge is 0.0781 e. The maximum atomic E-state index is 5.35. The molecule has 7 rings (SSSR count). The predicted molar refractivity (Wildman–Crippen MR) is 214 cm³/mol. The molecule has 0 N–H and O–H groups in total. The molecule has 1 heterocycles. The summed E-state index contributed by atoms with van der Waals surface area (Å²) in [5, 5.41) is 2.53. The molecule has 50 heavy (non-hydrogen) atoms. The van der Waals surface area contributed by atoms with Crippen LogP contribution in [0.5, 0.6) is 0 Å². The fourth-order valence-electron chi connectivity index (χ4n) is 7.07. The molecule has 3 heteroatoms. The molecule has 0 fully saturated rings. The van der Waals surface area contributed by atoms with Crippen molar-refractivity contribution in [1.29, 1.82) is 0 Å². The van der Waals surface area contributed by atoms with Crippen molar-refractivity contribution in [2.75, 3.05) is 0 Å². The van der Waals surface area contributed by atoms with Crippen LogP contribution in [-0.2, 0) is 0 Å². The average molecular weight is 652 g/mol. The number of hydrogen-bond acceptors (Lipinski definition) is 2. The summed E-state index contributed by atoms with van der Waals surface area (Å²) in [5.74, 6) is 0. The number of fused-ring (bicyclic) bond motifs is 3. The Kier molecular flexibility index (Phi) is 10.4. The second-order valence-corrected chi connectivity index (χ2v) is 13.1. The van der Waals surface area contributed by atoms with Crippen LogP contribution in [0.3, 0.4) is 0 Å². The quantitative estimate of drug-likeness (QED) is 0.111. The van der Waals surface area contributed by atoms with Crippen LogP contribution < -0.4 is 0 Å². The zero-order valence-corrected chi connectivity index (χ0v) is 29.2. The van der Waals surface area contributed by atoms with Crippen LogP contribution in [-0.4, -0.2) is 16.0 Å². The third-order valence-electron chi connectivity index (χ3n) is 9.59. The summed E-state index contributed by atoms with van der Waals surface area (Å²) in [6.45, 7) is 4.59. The van der Waals surface area contributed by atoms with E-state index in [2.05, 4.69) is 176 Å². The van der Waals surface area contributed by atoms with Crippen molar-refractivity contribution < 1.29 is 0 Å². The number of rotatable bonds is 13. The van der Waals surface area contributed by atoms with Gasteiger partial charge in [0.25, 0.3) is 0 Å². The first kappa shape index (κ1) is 33.0. The molecular weight excluding hydrogens is 607 g/mol. The Bertz CT molecular complexity index is 1970.